The first-order valence-electron chi connectivity index (χ1n) is 7.07. The van der Waals surface area contributed by atoms with E-state index in [-0.39, 0.29) is 0 Å². The molecule has 94 valence electrons. The van der Waals surface area contributed by atoms with Crippen molar-refractivity contribution in [3.8, 4) is 0 Å². The van der Waals surface area contributed by atoms with E-state index >= 15 is 0 Å². The lowest BCUT2D eigenvalue weighted by molar-refractivity contribution is 0.00511. The van der Waals surface area contributed by atoms with Gasteiger partial charge in [0.2, 0.25) is 0 Å². The van der Waals surface area contributed by atoms with Crippen molar-refractivity contribution in [2.24, 2.45) is 0 Å². The predicted molar refractivity (Wildman–Crippen MR) is 69.7 cm³/mol. The van der Waals surface area contributed by atoms with E-state index in [0.29, 0.717) is 5.54 Å². The van der Waals surface area contributed by atoms with Crippen LogP contribution in [0.4, 0.5) is 0 Å². The van der Waals surface area contributed by atoms with E-state index in [1.807, 2.05) is 0 Å². The first kappa shape index (κ1) is 12.4. The molecule has 0 amide bonds. The van der Waals surface area contributed by atoms with Crippen LogP contribution in [0.1, 0.15) is 58.8 Å². The summed E-state index contributed by atoms with van der Waals surface area (Å²) in [6.07, 6.45) is 9.89. The van der Waals surface area contributed by atoms with Crippen LogP contribution in [0.3, 0.4) is 0 Å². The minimum Gasteiger partial charge on any atom is -0.316 e. The van der Waals surface area contributed by atoms with Gasteiger partial charge in [-0.05, 0) is 46.6 Å². The smallest absolute Gasteiger partial charge is 0.0193 e. The standard InChI is InChI=1S/C14H28N2/c1-14(2)10-9-12(15-3)11-16(14)13-7-5-4-6-8-13/h12-13,15H,4-11H2,1-3H3. The Hall–Kier alpha value is -0.0800. The van der Waals surface area contributed by atoms with Gasteiger partial charge in [-0.25, -0.2) is 0 Å². The Morgan fingerprint density at radius 2 is 1.75 bits per heavy atom. The molecule has 0 aromatic heterocycles. The van der Waals surface area contributed by atoms with Crippen LogP contribution in [0.15, 0.2) is 0 Å². The molecule has 2 fully saturated rings. The summed E-state index contributed by atoms with van der Waals surface area (Å²) in [5.41, 5.74) is 0.426. The van der Waals surface area contributed by atoms with E-state index in [0.717, 1.165) is 12.1 Å². The Kier molecular flexibility index (Phi) is 3.91. The highest BCUT2D eigenvalue weighted by atomic mass is 15.2. The van der Waals surface area contributed by atoms with Gasteiger partial charge in [-0.15, -0.1) is 0 Å². The molecule has 1 atom stereocenters. The molecule has 1 aliphatic carbocycles. The summed E-state index contributed by atoms with van der Waals surface area (Å²) in [5.74, 6) is 0. The minimum absolute atomic E-state index is 0.426. The van der Waals surface area contributed by atoms with Gasteiger partial charge >= 0.3 is 0 Å². The number of nitrogens with one attached hydrogen (secondary N) is 1. The zero-order valence-corrected chi connectivity index (χ0v) is 11.3. The third-order valence-corrected chi connectivity index (χ3v) is 4.72. The highest BCUT2D eigenvalue weighted by molar-refractivity contribution is 4.95. The van der Waals surface area contributed by atoms with Crippen LogP contribution in [-0.2, 0) is 0 Å². The van der Waals surface area contributed by atoms with Gasteiger partial charge < -0.3 is 5.32 Å². The van der Waals surface area contributed by atoms with Crippen molar-refractivity contribution >= 4 is 0 Å². The molecule has 1 heterocycles. The van der Waals surface area contributed by atoms with Gasteiger partial charge in [0.15, 0.2) is 0 Å². The van der Waals surface area contributed by atoms with Crippen LogP contribution in [0.2, 0.25) is 0 Å². The molecule has 0 radical (unpaired) electrons. The molecule has 2 rings (SSSR count). The number of nitrogens with zero attached hydrogens (tertiary/aromatic N) is 1. The van der Waals surface area contributed by atoms with Gasteiger partial charge in [-0.2, -0.15) is 0 Å². The molecule has 1 N–H and O–H groups in total. The normalized spacial score (nSPS) is 32.8. The molecule has 2 nitrogen and oxygen atoms in total. The zero-order chi connectivity index (χ0) is 11.6. The lowest BCUT2D eigenvalue weighted by Crippen LogP contribution is -2.58. The molecule has 0 spiro atoms. The fourth-order valence-corrected chi connectivity index (χ4v) is 3.52. The Balaban J connectivity index is 2.02. The fraction of sp³-hybridized carbons (Fsp3) is 1.00. The molecule has 1 unspecified atom stereocenters. The van der Waals surface area contributed by atoms with E-state index in [2.05, 4.69) is 31.1 Å². The number of rotatable bonds is 2. The van der Waals surface area contributed by atoms with Crippen LogP contribution in [-0.4, -0.2) is 36.1 Å². The third kappa shape index (κ3) is 2.60. The van der Waals surface area contributed by atoms with E-state index in [1.165, 1.54) is 51.5 Å². The summed E-state index contributed by atoms with van der Waals surface area (Å²) in [5, 5.41) is 3.47. The van der Waals surface area contributed by atoms with E-state index in [1.54, 1.807) is 0 Å². The Morgan fingerprint density at radius 3 is 2.38 bits per heavy atom. The summed E-state index contributed by atoms with van der Waals surface area (Å²) >= 11 is 0. The number of likely N-dealkylation sites (tertiary alicyclic amines) is 1. The molecule has 0 aromatic rings. The molecule has 0 aromatic carbocycles. The van der Waals surface area contributed by atoms with Gasteiger partial charge in [0.25, 0.3) is 0 Å². The predicted octanol–water partition coefficient (Wildman–Crippen LogP) is 2.78. The Morgan fingerprint density at radius 1 is 1.06 bits per heavy atom. The average Bonchev–Trinajstić information content (AvgIpc) is 2.30. The lowest BCUT2D eigenvalue weighted by atomic mass is 9.83. The van der Waals surface area contributed by atoms with Crippen molar-refractivity contribution in [3.05, 3.63) is 0 Å². The second-order valence-corrected chi connectivity index (χ2v) is 6.28. The molecular formula is C14H28N2. The monoisotopic (exact) mass is 224 g/mol. The maximum Gasteiger partial charge on any atom is 0.0193 e. The molecule has 2 heteroatoms. The zero-order valence-electron chi connectivity index (χ0n) is 11.3. The summed E-state index contributed by atoms with van der Waals surface area (Å²) in [7, 11) is 2.11. The molecule has 0 bridgehead atoms. The van der Waals surface area contributed by atoms with Crippen LogP contribution in [0.5, 0.6) is 0 Å². The minimum atomic E-state index is 0.426. The van der Waals surface area contributed by atoms with Gasteiger partial charge in [-0.3, -0.25) is 4.90 Å². The van der Waals surface area contributed by atoms with Gasteiger partial charge in [-0.1, -0.05) is 19.3 Å². The van der Waals surface area contributed by atoms with Crippen molar-refractivity contribution in [2.75, 3.05) is 13.6 Å². The molecule has 16 heavy (non-hydrogen) atoms. The SMILES string of the molecule is CNC1CCC(C)(C)N(C2CCCCC2)C1. The topological polar surface area (TPSA) is 15.3 Å². The largest absolute Gasteiger partial charge is 0.316 e. The van der Waals surface area contributed by atoms with Crippen molar-refractivity contribution in [2.45, 2.75) is 76.4 Å². The van der Waals surface area contributed by atoms with Crippen molar-refractivity contribution < 1.29 is 0 Å². The van der Waals surface area contributed by atoms with Gasteiger partial charge in [0, 0.05) is 24.2 Å². The second kappa shape index (κ2) is 5.05. The summed E-state index contributed by atoms with van der Waals surface area (Å²) < 4.78 is 0. The van der Waals surface area contributed by atoms with Crippen LogP contribution in [0.25, 0.3) is 0 Å². The van der Waals surface area contributed by atoms with E-state index < -0.39 is 0 Å². The van der Waals surface area contributed by atoms with Crippen LogP contribution < -0.4 is 5.32 Å². The first-order chi connectivity index (χ1) is 7.63. The van der Waals surface area contributed by atoms with Crippen molar-refractivity contribution in [1.82, 2.24) is 10.2 Å². The fourth-order valence-electron chi connectivity index (χ4n) is 3.52. The maximum atomic E-state index is 3.47. The molecule has 1 aliphatic heterocycles. The molecular weight excluding hydrogens is 196 g/mol. The Bertz CT molecular complexity index is 219. The summed E-state index contributed by atoms with van der Waals surface area (Å²) in [6, 6.07) is 1.58. The molecule has 1 saturated carbocycles. The van der Waals surface area contributed by atoms with Crippen molar-refractivity contribution in [1.29, 1.82) is 0 Å². The lowest BCUT2D eigenvalue weighted by Gasteiger charge is -2.50. The first-order valence-corrected chi connectivity index (χ1v) is 7.07. The second-order valence-electron chi connectivity index (χ2n) is 6.28. The number of hydrogen-bond donors (Lipinski definition) is 1. The van der Waals surface area contributed by atoms with E-state index in [4.69, 9.17) is 0 Å². The molecule has 1 saturated heterocycles. The average molecular weight is 224 g/mol. The highest BCUT2D eigenvalue weighted by Gasteiger charge is 2.37. The third-order valence-electron chi connectivity index (χ3n) is 4.72. The van der Waals surface area contributed by atoms with Gasteiger partial charge in [0.1, 0.15) is 0 Å². The van der Waals surface area contributed by atoms with Crippen LogP contribution >= 0.6 is 0 Å². The number of hydrogen-bond acceptors (Lipinski definition) is 2. The van der Waals surface area contributed by atoms with E-state index in [9.17, 15) is 0 Å². The number of likely N-dealkylation sites (N-methyl/N-ethyl adjacent to an activating group) is 1. The summed E-state index contributed by atoms with van der Waals surface area (Å²) in [4.78, 5) is 2.80. The number of piperidine rings is 1. The van der Waals surface area contributed by atoms with Crippen molar-refractivity contribution in [3.63, 3.8) is 0 Å². The van der Waals surface area contributed by atoms with Gasteiger partial charge in [0.05, 0.1) is 0 Å². The molecule has 2 aliphatic rings. The highest BCUT2D eigenvalue weighted by Crippen LogP contribution is 2.34. The maximum absolute atomic E-state index is 3.47. The summed E-state index contributed by atoms with van der Waals surface area (Å²) in [6.45, 7) is 6.13. The quantitative estimate of drug-likeness (QED) is 0.776. The Labute approximate surface area is 101 Å². The van der Waals surface area contributed by atoms with Crippen LogP contribution in [0, 0.1) is 0 Å².